The van der Waals surface area contributed by atoms with Crippen LogP contribution in [0.2, 0.25) is 0 Å². The van der Waals surface area contributed by atoms with Crippen LogP contribution in [-0.2, 0) is 4.74 Å². The van der Waals surface area contributed by atoms with E-state index in [1.807, 2.05) is 18.3 Å². The number of aromatic nitrogens is 1. The second kappa shape index (κ2) is 4.39. The SMILES string of the molecule is c1ccc(N2CCN3CCOCC3C2)nc1. The number of piperazine rings is 1. The normalized spacial score (nSPS) is 26.5. The molecule has 1 aromatic rings. The molecule has 0 saturated carbocycles. The molecule has 2 aliphatic heterocycles. The summed E-state index contributed by atoms with van der Waals surface area (Å²) < 4.78 is 5.53. The number of hydrogen-bond donors (Lipinski definition) is 0. The average Bonchev–Trinajstić information content (AvgIpc) is 2.39. The maximum atomic E-state index is 5.53. The first-order valence-electron chi connectivity index (χ1n) is 5.91. The van der Waals surface area contributed by atoms with E-state index in [0.29, 0.717) is 6.04 Å². The molecule has 3 rings (SSSR count). The molecular weight excluding hydrogens is 202 g/mol. The number of anilines is 1. The van der Waals surface area contributed by atoms with E-state index in [1.165, 1.54) is 0 Å². The zero-order valence-corrected chi connectivity index (χ0v) is 9.38. The molecule has 0 amide bonds. The number of rotatable bonds is 1. The standard InChI is InChI=1S/C12H17N3O/c1-2-4-13-12(3-1)15-6-5-14-7-8-16-10-11(14)9-15/h1-4,11H,5-10H2. The lowest BCUT2D eigenvalue weighted by molar-refractivity contribution is -0.0117. The second-order valence-electron chi connectivity index (χ2n) is 4.40. The van der Waals surface area contributed by atoms with Crippen LogP contribution in [-0.4, -0.2) is 55.3 Å². The minimum atomic E-state index is 0.546. The third-order valence-electron chi connectivity index (χ3n) is 3.41. The van der Waals surface area contributed by atoms with Gasteiger partial charge in [-0.25, -0.2) is 4.98 Å². The molecule has 2 fully saturated rings. The summed E-state index contributed by atoms with van der Waals surface area (Å²) in [6.45, 7) is 6.08. The average molecular weight is 219 g/mol. The lowest BCUT2D eigenvalue weighted by atomic mass is 10.1. The Morgan fingerprint density at radius 3 is 3.12 bits per heavy atom. The Morgan fingerprint density at radius 2 is 2.25 bits per heavy atom. The van der Waals surface area contributed by atoms with Crippen LogP contribution in [0.3, 0.4) is 0 Å². The Labute approximate surface area is 95.8 Å². The topological polar surface area (TPSA) is 28.6 Å². The predicted octanol–water partition coefficient (Wildman–Crippen LogP) is 0.602. The van der Waals surface area contributed by atoms with E-state index < -0.39 is 0 Å². The van der Waals surface area contributed by atoms with Crippen molar-refractivity contribution in [1.82, 2.24) is 9.88 Å². The number of pyridine rings is 1. The molecule has 2 saturated heterocycles. The number of morpholine rings is 1. The van der Waals surface area contributed by atoms with Crippen molar-refractivity contribution in [3.05, 3.63) is 24.4 Å². The van der Waals surface area contributed by atoms with Crippen LogP contribution in [0.25, 0.3) is 0 Å². The van der Waals surface area contributed by atoms with Gasteiger partial charge in [0.15, 0.2) is 0 Å². The summed E-state index contributed by atoms with van der Waals surface area (Å²) in [6, 6.07) is 6.64. The minimum absolute atomic E-state index is 0.546. The minimum Gasteiger partial charge on any atom is -0.378 e. The highest BCUT2D eigenvalue weighted by Gasteiger charge is 2.29. The molecule has 1 atom stereocenters. The zero-order chi connectivity index (χ0) is 10.8. The Morgan fingerprint density at radius 1 is 1.25 bits per heavy atom. The summed E-state index contributed by atoms with van der Waals surface area (Å²) in [7, 11) is 0. The highest BCUT2D eigenvalue weighted by atomic mass is 16.5. The fourth-order valence-electron chi connectivity index (χ4n) is 2.50. The maximum absolute atomic E-state index is 5.53. The van der Waals surface area contributed by atoms with Crippen LogP contribution >= 0.6 is 0 Å². The fourth-order valence-corrected chi connectivity index (χ4v) is 2.50. The molecule has 4 nitrogen and oxygen atoms in total. The van der Waals surface area contributed by atoms with Gasteiger partial charge in [0.25, 0.3) is 0 Å². The zero-order valence-electron chi connectivity index (χ0n) is 9.38. The van der Waals surface area contributed by atoms with Crippen molar-refractivity contribution < 1.29 is 4.74 Å². The molecule has 1 unspecified atom stereocenters. The molecule has 0 radical (unpaired) electrons. The number of ether oxygens (including phenoxy) is 1. The van der Waals surface area contributed by atoms with Crippen molar-refractivity contribution >= 4 is 5.82 Å². The van der Waals surface area contributed by atoms with Crippen LogP contribution < -0.4 is 4.90 Å². The lowest BCUT2D eigenvalue weighted by Gasteiger charge is -2.44. The molecule has 0 aromatic carbocycles. The third-order valence-corrected chi connectivity index (χ3v) is 3.41. The van der Waals surface area contributed by atoms with Gasteiger partial charge in [-0.05, 0) is 12.1 Å². The van der Waals surface area contributed by atoms with Crippen molar-refractivity contribution in [1.29, 1.82) is 0 Å². The highest BCUT2D eigenvalue weighted by molar-refractivity contribution is 5.38. The van der Waals surface area contributed by atoms with Crippen molar-refractivity contribution in [2.75, 3.05) is 44.3 Å². The third kappa shape index (κ3) is 1.90. The number of fused-ring (bicyclic) bond motifs is 1. The van der Waals surface area contributed by atoms with Crippen LogP contribution in [0.15, 0.2) is 24.4 Å². The Bertz CT molecular complexity index is 343. The molecule has 1 aromatic heterocycles. The summed E-state index contributed by atoms with van der Waals surface area (Å²) in [5.74, 6) is 1.09. The van der Waals surface area contributed by atoms with Gasteiger partial charge in [0.1, 0.15) is 5.82 Å². The second-order valence-corrected chi connectivity index (χ2v) is 4.40. The van der Waals surface area contributed by atoms with E-state index in [-0.39, 0.29) is 0 Å². The summed E-state index contributed by atoms with van der Waals surface area (Å²) in [6.07, 6.45) is 1.86. The Balaban J connectivity index is 1.71. The Hall–Kier alpha value is -1.13. The van der Waals surface area contributed by atoms with Gasteiger partial charge >= 0.3 is 0 Å². The van der Waals surface area contributed by atoms with E-state index in [4.69, 9.17) is 4.74 Å². The van der Waals surface area contributed by atoms with Crippen LogP contribution in [0.5, 0.6) is 0 Å². The first-order valence-corrected chi connectivity index (χ1v) is 5.91. The van der Waals surface area contributed by atoms with Gasteiger partial charge in [-0.15, -0.1) is 0 Å². The molecule has 0 N–H and O–H groups in total. The first-order chi connectivity index (χ1) is 7.93. The van der Waals surface area contributed by atoms with Gasteiger partial charge in [-0.2, -0.15) is 0 Å². The fraction of sp³-hybridized carbons (Fsp3) is 0.583. The monoisotopic (exact) mass is 219 g/mol. The number of hydrogen-bond acceptors (Lipinski definition) is 4. The molecule has 2 aliphatic rings. The summed E-state index contributed by atoms with van der Waals surface area (Å²) in [5.41, 5.74) is 0. The smallest absolute Gasteiger partial charge is 0.128 e. The first kappa shape index (κ1) is 10.1. The van der Waals surface area contributed by atoms with Gasteiger partial charge in [0, 0.05) is 32.4 Å². The van der Waals surface area contributed by atoms with E-state index in [2.05, 4.69) is 20.9 Å². The van der Waals surface area contributed by atoms with Gasteiger partial charge in [-0.1, -0.05) is 6.07 Å². The van der Waals surface area contributed by atoms with E-state index >= 15 is 0 Å². The van der Waals surface area contributed by atoms with E-state index in [9.17, 15) is 0 Å². The summed E-state index contributed by atoms with van der Waals surface area (Å²) in [5, 5.41) is 0. The van der Waals surface area contributed by atoms with Gasteiger partial charge in [0.05, 0.1) is 19.3 Å². The van der Waals surface area contributed by atoms with E-state index in [0.717, 1.165) is 45.2 Å². The summed E-state index contributed by atoms with van der Waals surface area (Å²) in [4.78, 5) is 9.29. The van der Waals surface area contributed by atoms with Crippen molar-refractivity contribution in [2.24, 2.45) is 0 Å². The molecule has 0 spiro atoms. The lowest BCUT2D eigenvalue weighted by Crippen LogP contribution is -2.58. The van der Waals surface area contributed by atoms with Crippen molar-refractivity contribution in [3.63, 3.8) is 0 Å². The van der Waals surface area contributed by atoms with Crippen LogP contribution in [0, 0.1) is 0 Å². The van der Waals surface area contributed by atoms with Crippen molar-refractivity contribution in [3.8, 4) is 0 Å². The van der Waals surface area contributed by atoms with Crippen LogP contribution in [0.4, 0.5) is 5.82 Å². The summed E-state index contributed by atoms with van der Waals surface area (Å²) >= 11 is 0. The largest absolute Gasteiger partial charge is 0.378 e. The molecule has 16 heavy (non-hydrogen) atoms. The van der Waals surface area contributed by atoms with Crippen LogP contribution in [0.1, 0.15) is 0 Å². The molecule has 0 bridgehead atoms. The molecule has 3 heterocycles. The Kier molecular flexibility index (Phi) is 2.76. The maximum Gasteiger partial charge on any atom is 0.128 e. The van der Waals surface area contributed by atoms with Gasteiger partial charge in [-0.3, -0.25) is 4.90 Å². The quantitative estimate of drug-likeness (QED) is 0.691. The number of nitrogens with zero attached hydrogens (tertiary/aromatic N) is 3. The van der Waals surface area contributed by atoms with E-state index in [1.54, 1.807) is 0 Å². The van der Waals surface area contributed by atoms with Gasteiger partial charge in [0.2, 0.25) is 0 Å². The molecular formula is C12H17N3O. The molecule has 86 valence electrons. The molecule has 0 aliphatic carbocycles. The molecule has 4 heteroatoms. The van der Waals surface area contributed by atoms with Crippen molar-refractivity contribution in [2.45, 2.75) is 6.04 Å². The predicted molar refractivity (Wildman–Crippen MR) is 62.6 cm³/mol. The van der Waals surface area contributed by atoms with Gasteiger partial charge < -0.3 is 9.64 Å². The highest BCUT2D eigenvalue weighted by Crippen LogP contribution is 2.18.